The van der Waals surface area contributed by atoms with Crippen LogP contribution in [0.2, 0.25) is 0 Å². The van der Waals surface area contributed by atoms with Gasteiger partial charge in [0.2, 0.25) is 0 Å². The van der Waals surface area contributed by atoms with Crippen LogP contribution in [0.15, 0.2) is 97.1 Å². The molecular formula is C22H20O4. The molecule has 3 rings (SSSR count). The van der Waals surface area contributed by atoms with E-state index in [-0.39, 0.29) is 12.8 Å². The fourth-order valence-electron chi connectivity index (χ4n) is 2.06. The number of rotatable bonds is 4. The van der Waals surface area contributed by atoms with Gasteiger partial charge in [-0.25, -0.2) is 19.4 Å². The summed E-state index contributed by atoms with van der Waals surface area (Å²) >= 11 is 0. The van der Waals surface area contributed by atoms with Crippen molar-refractivity contribution in [2.45, 2.75) is 12.8 Å². The Bertz CT molecular complexity index is 691. The summed E-state index contributed by atoms with van der Waals surface area (Å²) in [4.78, 5) is 31.9. The second-order valence-corrected chi connectivity index (χ2v) is 5.39. The first-order valence-electron chi connectivity index (χ1n) is 8.22. The van der Waals surface area contributed by atoms with Crippen LogP contribution in [-0.4, -0.2) is 11.9 Å². The Balaban J connectivity index is 0.000000342. The third kappa shape index (κ3) is 7.93. The summed E-state index contributed by atoms with van der Waals surface area (Å²) in [7, 11) is 0. The second-order valence-electron chi connectivity index (χ2n) is 5.39. The van der Waals surface area contributed by atoms with E-state index >= 15 is 0 Å². The third-order valence-corrected chi connectivity index (χ3v) is 3.28. The van der Waals surface area contributed by atoms with E-state index < -0.39 is 11.9 Å². The van der Waals surface area contributed by atoms with E-state index in [4.69, 9.17) is 0 Å². The molecule has 3 aromatic rings. The summed E-state index contributed by atoms with van der Waals surface area (Å²) in [6, 6.07) is 30.2. The molecule has 0 atom stereocenters. The molecule has 0 spiro atoms. The second kappa shape index (κ2) is 11.2. The molecule has 0 fully saturated rings. The highest BCUT2D eigenvalue weighted by molar-refractivity contribution is 5.75. The number of carbonyl (C=O) groups is 2. The van der Waals surface area contributed by atoms with Crippen molar-refractivity contribution in [3.63, 3.8) is 0 Å². The first-order chi connectivity index (χ1) is 12.7. The minimum Gasteiger partial charge on any atom is -0.247 e. The molecule has 0 amide bonds. The average Bonchev–Trinajstić information content (AvgIpc) is 2.70. The molecule has 0 radical (unpaired) electrons. The Morgan fingerprint density at radius 1 is 0.500 bits per heavy atom. The van der Waals surface area contributed by atoms with Crippen molar-refractivity contribution < 1.29 is 19.4 Å². The normalized spacial score (nSPS) is 9.38. The van der Waals surface area contributed by atoms with Crippen molar-refractivity contribution >= 4 is 11.9 Å². The number of carbonyl (C=O) groups excluding carboxylic acids is 2. The van der Waals surface area contributed by atoms with E-state index in [1.54, 1.807) is 24.3 Å². The molecule has 0 aliphatic rings. The topological polar surface area (TPSA) is 52.6 Å². The van der Waals surface area contributed by atoms with Crippen LogP contribution in [0.3, 0.4) is 0 Å². The summed E-state index contributed by atoms with van der Waals surface area (Å²) < 4.78 is 0. The summed E-state index contributed by atoms with van der Waals surface area (Å²) in [6.07, 6.45) is 0.138. The maximum atomic E-state index is 11.5. The van der Waals surface area contributed by atoms with Gasteiger partial charge >= 0.3 is 11.9 Å². The highest BCUT2D eigenvalue weighted by Crippen LogP contribution is 2.03. The molecule has 0 bridgehead atoms. The van der Waals surface area contributed by atoms with E-state index in [0.717, 1.165) is 11.1 Å². The van der Waals surface area contributed by atoms with Gasteiger partial charge in [-0.05, 0) is 11.1 Å². The van der Waals surface area contributed by atoms with Crippen LogP contribution in [0, 0.1) is 0 Å². The molecular weight excluding hydrogens is 328 g/mol. The summed E-state index contributed by atoms with van der Waals surface area (Å²) in [5, 5.41) is 0. The van der Waals surface area contributed by atoms with Crippen molar-refractivity contribution in [1.29, 1.82) is 0 Å². The van der Waals surface area contributed by atoms with Crippen molar-refractivity contribution in [3.05, 3.63) is 108 Å². The largest absolute Gasteiger partial charge is 0.359 e. The number of hydrogen-bond acceptors (Lipinski definition) is 4. The molecule has 26 heavy (non-hydrogen) atoms. The van der Waals surface area contributed by atoms with Crippen LogP contribution < -0.4 is 0 Å². The molecule has 132 valence electrons. The highest BCUT2D eigenvalue weighted by atomic mass is 17.2. The van der Waals surface area contributed by atoms with Crippen LogP contribution in [0.4, 0.5) is 0 Å². The highest BCUT2D eigenvalue weighted by Gasteiger charge is 2.11. The Kier molecular flexibility index (Phi) is 8.16. The van der Waals surface area contributed by atoms with Crippen molar-refractivity contribution in [2.24, 2.45) is 0 Å². The van der Waals surface area contributed by atoms with Gasteiger partial charge < -0.3 is 0 Å². The van der Waals surface area contributed by atoms with Crippen LogP contribution in [0.5, 0.6) is 0 Å². The first-order valence-corrected chi connectivity index (χ1v) is 8.22. The molecule has 0 saturated heterocycles. The molecule has 0 heterocycles. The van der Waals surface area contributed by atoms with E-state index in [1.165, 1.54) is 0 Å². The van der Waals surface area contributed by atoms with Gasteiger partial charge in [-0.15, -0.1) is 0 Å². The van der Waals surface area contributed by atoms with Gasteiger partial charge in [0, 0.05) is 0 Å². The molecule has 0 aliphatic heterocycles. The quantitative estimate of drug-likeness (QED) is 0.525. The lowest BCUT2D eigenvalue weighted by molar-refractivity contribution is -0.258. The summed E-state index contributed by atoms with van der Waals surface area (Å²) in [5.41, 5.74) is 1.60. The van der Waals surface area contributed by atoms with Crippen LogP contribution in [0.25, 0.3) is 0 Å². The van der Waals surface area contributed by atoms with Gasteiger partial charge in [0.25, 0.3) is 0 Å². The Morgan fingerprint density at radius 3 is 1.08 bits per heavy atom. The summed E-state index contributed by atoms with van der Waals surface area (Å²) in [5.74, 6) is -1.20. The maximum absolute atomic E-state index is 11.5. The fraction of sp³-hybridized carbons (Fsp3) is 0.0909. The molecule has 0 saturated carbocycles. The SMILES string of the molecule is O=C(Cc1ccccc1)OOC(=O)Cc1ccccc1.c1ccccc1. The van der Waals surface area contributed by atoms with Gasteiger partial charge in [0.15, 0.2) is 0 Å². The number of hydrogen-bond donors (Lipinski definition) is 0. The van der Waals surface area contributed by atoms with Crippen molar-refractivity contribution in [2.75, 3.05) is 0 Å². The minimum atomic E-state index is -0.599. The molecule has 0 N–H and O–H groups in total. The zero-order valence-electron chi connectivity index (χ0n) is 14.3. The lowest BCUT2D eigenvalue weighted by Crippen LogP contribution is -2.14. The van der Waals surface area contributed by atoms with E-state index in [2.05, 4.69) is 9.78 Å². The van der Waals surface area contributed by atoms with Crippen molar-refractivity contribution in [3.8, 4) is 0 Å². The standard InChI is InChI=1S/C16H14O4.C6H6/c17-15(11-13-7-3-1-4-8-13)19-20-16(18)12-14-9-5-2-6-10-14;1-2-4-6-5-3-1/h1-10H,11-12H2;1-6H. The van der Waals surface area contributed by atoms with Crippen LogP contribution in [0.1, 0.15) is 11.1 Å². The molecule has 4 nitrogen and oxygen atoms in total. The lowest BCUT2D eigenvalue weighted by Gasteiger charge is -2.03. The van der Waals surface area contributed by atoms with Crippen LogP contribution >= 0.6 is 0 Å². The predicted octanol–water partition coefficient (Wildman–Crippen LogP) is 4.16. The minimum absolute atomic E-state index is 0.0689. The fourth-order valence-corrected chi connectivity index (χ4v) is 2.06. The molecule has 4 heteroatoms. The molecule has 3 aromatic carbocycles. The Labute approximate surface area is 152 Å². The van der Waals surface area contributed by atoms with E-state index in [9.17, 15) is 9.59 Å². The maximum Gasteiger partial charge on any atom is 0.359 e. The van der Waals surface area contributed by atoms with Gasteiger partial charge in [0.1, 0.15) is 0 Å². The molecule has 0 unspecified atom stereocenters. The lowest BCUT2D eigenvalue weighted by atomic mass is 10.2. The van der Waals surface area contributed by atoms with Crippen LogP contribution in [-0.2, 0) is 32.2 Å². The van der Waals surface area contributed by atoms with E-state index in [1.807, 2.05) is 72.8 Å². The monoisotopic (exact) mass is 348 g/mol. The van der Waals surface area contributed by atoms with Crippen molar-refractivity contribution in [1.82, 2.24) is 0 Å². The smallest absolute Gasteiger partial charge is 0.247 e. The van der Waals surface area contributed by atoms with E-state index in [0.29, 0.717) is 0 Å². The van der Waals surface area contributed by atoms with Gasteiger partial charge in [-0.1, -0.05) is 97.1 Å². The Morgan fingerprint density at radius 2 is 0.769 bits per heavy atom. The number of benzene rings is 3. The predicted molar refractivity (Wildman–Crippen MR) is 98.9 cm³/mol. The molecule has 0 aliphatic carbocycles. The zero-order chi connectivity index (χ0) is 18.5. The zero-order valence-corrected chi connectivity index (χ0v) is 14.3. The van der Waals surface area contributed by atoms with Gasteiger partial charge in [-0.3, -0.25) is 0 Å². The van der Waals surface area contributed by atoms with Gasteiger partial charge in [-0.2, -0.15) is 0 Å². The average molecular weight is 348 g/mol. The first kappa shape index (κ1) is 18.9. The van der Waals surface area contributed by atoms with Gasteiger partial charge in [0.05, 0.1) is 12.8 Å². The third-order valence-electron chi connectivity index (χ3n) is 3.28. The Hall–Kier alpha value is -3.40. The molecule has 0 aromatic heterocycles. The summed E-state index contributed by atoms with van der Waals surface area (Å²) in [6.45, 7) is 0.